The number of hydrogen-bond donors (Lipinski definition) is 0. The van der Waals surface area contributed by atoms with Crippen molar-refractivity contribution >= 4 is 5.91 Å². The van der Waals surface area contributed by atoms with Crippen LogP contribution in [0.5, 0.6) is 0 Å². The molecule has 3 heteroatoms. The predicted octanol–water partition coefficient (Wildman–Crippen LogP) is 4.00. The number of carbonyl (C=O) groups is 1. The van der Waals surface area contributed by atoms with Crippen molar-refractivity contribution in [3.63, 3.8) is 0 Å². The molecule has 0 N–H and O–H groups in total. The van der Waals surface area contributed by atoms with E-state index in [9.17, 15) is 4.79 Å². The Morgan fingerprint density at radius 3 is 2.17 bits per heavy atom. The highest BCUT2D eigenvalue weighted by Gasteiger charge is 2.24. The van der Waals surface area contributed by atoms with Crippen molar-refractivity contribution in [3.8, 4) is 0 Å². The predicted molar refractivity (Wildman–Crippen MR) is 96.9 cm³/mol. The van der Waals surface area contributed by atoms with Crippen LogP contribution in [-0.2, 0) is 0 Å². The van der Waals surface area contributed by atoms with Gasteiger partial charge in [-0.1, -0.05) is 26.0 Å². The lowest BCUT2D eigenvalue weighted by Crippen LogP contribution is -2.42. The van der Waals surface area contributed by atoms with Crippen LogP contribution in [0.3, 0.4) is 0 Å². The molecule has 0 radical (unpaired) electrons. The summed E-state index contributed by atoms with van der Waals surface area (Å²) >= 11 is 0. The van der Waals surface area contributed by atoms with Crippen molar-refractivity contribution in [3.05, 3.63) is 35.4 Å². The van der Waals surface area contributed by atoms with Gasteiger partial charge in [-0.05, 0) is 63.3 Å². The summed E-state index contributed by atoms with van der Waals surface area (Å²) in [5.41, 5.74) is 2.11. The van der Waals surface area contributed by atoms with E-state index in [4.69, 9.17) is 0 Å². The van der Waals surface area contributed by atoms with Crippen LogP contribution in [0.2, 0.25) is 0 Å². The maximum atomic E-state index is 12.6. The zero-order valence-corrected chi connectivity index (χ0v) is 15.4. The lowest BCUT2D eigenvalue weighted by atomic mass is 9.95. The molecule has 0 atom stereocenters. The number of nitrogens with zero attached hydrogens (tertiary/aromatic N) is 2. The molecule has 0 bridgehead atoms. The van der Waals surface area contributed by atoms with E-state index in [2.05, 4.69) is 51.8 Å². The van der Waals surface area contributed by atoms with E-state index in [1.165, 1.54) is 5.56 Å². The SMILES string of the molecule is CC(C)c1ccc(C(=O)N2CCC(CN(C)C(C)C)CC2)cc1. The van der Waals surface area contributed by atoms with Crippen LogP contribution >= 0.6 is 0 Å². The molecule has 1 saturated heterocycles. The lowest BCUT2D eigenvalue weighted by molar-refractivity contribution is 0.0666. The molecule has 0 spiro atoms. The third kappa shape index (κ3) is 4.81. The van der Waals surface area contributed by atoms with Gasteiger partial charge in [0.15, 0.2) is 0 Å². The number of rotatable bonds is 5. The van der Waals surface area contributed by atoms with Crippen LogP contribution in [0.25, 0.3) is 0 Å². The van der Waals surface area contributed by atoms with Crippen molar-refractivity contribution in [1.82, 2.24) is 9.80 Å². The average Bonchev–Trinajstić information content (AvgIpc) is 2.55. The smallest absolute Gasteiger partial charge is 0.253 e. The monoisotopic (exact) mass is 316 g/mol. The van der Waals surface area contributed by atoms with Gasteiger partial charge in [0, 0.05) is 31.2 Å². The highest BCUT2D eigenvalue weighted by Crippen LogP contribution is 2.21. The molecular formula is C20H32N2O. The van der Waals surface area contributed by atoms with Crippen molar-refractivity contribution in [1.29, 1.82) is 0 Å². The Labute approximate surface area is 141 Å². The van der Waals surface area contributed by atoms with Crippen LogP contribution in [0.1, 0.15) is 62.4 Å². The summed E-state index contributed by atoms with van der Waals surface area (Å²) in [6, 6.07) is 8.73. The standard InChI is InChI=1S/C20H32N2O/c1-15(2)18-6-8-19(9-7-18)20(23)22-12-10-17(11-13-22)14-21(5)16(3)4/h6-9,15-17H,10-14H2,1-5H3. The third-order valence-corrected chi connectivity index (χ3v) is 5.15. The quantitative estimate of drug-likeness (QED) is 0.819. The van der Waals surface area contributed by atoms with Crippen molar-refractivity contribution in [2.45, 2.75) is 52.5 Å². The highest BCUT2D eigenvalue weighted by atomic mass is 16.2. The number of hydrogen-bond acceptors (Lipinski definition) is 2. The molecule has 1 heterocycles. The molecular weight excluding hydrogens is 284 g/mol. The van der Waals surface area contributed by atoms with Crippen molar-refractivity contribution in [2.24, 2.45) is 5.92 Å². The summed E-state index contributed by atoms with van der Waals surface area (Å²) in [4.78, 5) is 17.1. The zero-order chi connectivity index (χ0) is 17.0. The van der Waals surface area contributed by atoms with E-state index in [-0.39, 0.29) is 5.91 Å². The number of piperidine rings is 1. The molecule has 1 aromatic carbocycles. The normalized spacial score (nSPS) is 16.6. The van der Waals surface area contributed by atoms with Gasteiger partial charge >= 0.3 is 0 Å². The molecule has 3 nitrogen and oxygen atoms in total. The second-order valence-corrected chi connectivity index (χ2v) is 7.55. The van der Waals surface area contributed by atoms with Gasteiger partial charge in [-0.3, -0.25) is 4.79 Å². The van der Waals surface area contributed by atoms with Gasteiger partial charge in [-0.25, -0.2) is 0 Å². The lowest BCUT2D eigenvalue weighted by Gasteiger charge is -2.35. The fraction of sp³-hybridized carbons (Fsp3) is 0.650. The Morgan fingerprint density at radius 1 is 1.13 bits per heavy atom. The fourth-order valence-corrected chi connectivity index (χ4v) is 3.13. The van der Waals surface area contributed by atoms with Crippen LogP contribution in [0, 0.1) is 5.92 Å². The van der Waals surface area contributed by atoms with Crippen LogP contribution < -0.4 is 0 Å². The third-order valence-electron chi connectivity index (χ3n) is 5.15. The number of benzene rings is 1. The average molecular weight is 316 g/mol. The first-order valence-electron chi connectivity index (χ1n) is 8.98. The van der Waals surface area contributed by atoms with E-state index in [0.717, 1.165) is 44.0 Å². The highest BCUT2D eigenvalue weighted by molar-refractivity contribution is 5.94. The van der Waals surface area contributed by atoms with Gasteiger partial charge in [0.1, 0.15) is 0 Å². The Kier molecular flexibility index (Phi) is 6.23. The van der Waals surface area contributed by atoms with E-state index >= 15 is 0 Å². The van der Waals surface area contributed by atoms with Crippen molar-refractivity contribution < 1.29 is 4.79 Å². The molecule has 23 heavy (non-hydrogen) atoms. The van der Waals surface area contributed by atoms with E-state index in [0.29, 0.717) is 12.0 Å². The molecule has 128 valence electrons. The molecule has 1 fully saturated rings. The summed E-state index contributed by atoms with van der Waals surface area (Å²) in [5, 5.41) is 0. The maximum Gasteiger partial charge on any atom is 0.253 e. The van der Waals surface area contributed by atoms with Crippen LogP contribution in [-0.4, -0.2) is 48.4 Å². The molecule has 0 aliphatic carbocycles. The number of carbonyl (C=O) groups excluding carboxylic acids is 1. The summed E-state index contributed by atoms with van der Waals surface area (Å²) in [6.07, 6.45) is 2.24. The van der Waals surface area contributed by atoms with Gasteiger partial charge in [-0.15, -0.1) is 0 Å². The molecule has 0 saturated carbocycles. The fourth-order valence-electron chi connectivity index (χ4n) is 3.13. The minimum Gasteiger partial charge on any atom is -0.339 e. The van der Waals surface area contributed by atoms with Gasteiger partial charge in [0.2, 0.25) is 0 Å². The number of likely N-dealkylation sites (tertiary alicyclic amines) is 1. The Morgan fingerprint density at radius 2 is 1.70 bits per heavy atom. The summed E-state index contributed by atoms with van der Waals surface area (Å²) < 4.78 is 0. The van der Waals surface area contributed by atoms with Crippen LogP contribution in [0.15, 0.2) is 24.3 Å². The summed E-state index contributed by atoms with van der Waals surface area (Å²) in [7, 11) is 2.19. The van der Waals surface area contributed by atoms with Crippen molar-refractivity contribution in [2.75, 3.05) is 26.7 Å². The van der Waals surface area contributed by atoms with Gasteiger partial charge in [0.05, 0.1) is 0 Å². The molecule has 0 unspecified atom stereocenters. The Hall–Kier alpha value is -1.35. The topological polar surface area (TPSA) is 23.6 Å². The van der Waals surface area contributed by atoms with Crippen LogP contribution in [0.4, 0.5) is 0 Å². The molecule has 2 rings (SSSR count). The first kappa shape index (κ1) is 18.0. The minimum absolute atomic E-state index is 0.191. The van der Waals surface area contributed by atoms with E-state index in [1.54, 1.807) is 0 Å². The largest absolute Gasteiger partial charge is 0.339 e. The maximum absolute atomic E-state index is 12.6. The number of amides is 1. The van der Waals surface area contributed by atoms with Gasteiger partial charge in [-0.2, -0.15) is 0 Å². The Balaban J connectivity index is 1.88. The van der Waals surface area contributed by atoms with E-state index < -0.39 is 0 Å². The Bertz CT molecular complexity index is 499. The van der Waals surface area contributed by atoms with Gasteiger partial charge in [0.25, 0.3) is 5.91 Å². The minimum atomic E-state index is 0.191. The first-order chi connectivity index (χ1) is 10.9. The van der Waals surface area contributed by atoms with E-state index in [1.807, 2.05) is 17.0 Å². The summed E-state index contributed by atoms with van der Waals surface area (Å²) in [6.45, 7) is 11.7. The van der Waals surface area contributed by atoms with Gasteiger partial charge < -0.3 is 9.80 Å². The summed E-state index contributed by atoms with van der Waals surface area (Å²) in [5.74, 6) is 1.42. The second kappa shape index (κ2) is 7.96. The molecule has 1 aliphatic heterocycles. The molecule has 0 aromatic heterocycles. The molecule has 1 amide bonds. The zero-order valence-electron chi connectivity index (χ0n) is 15.4. The second-order valence-electron chi connectivity index (χ2n) is 7.55. The first-order valence-corrected chi connectivity index (χ1v) is 8.98. The molecule has 1 aliphatic rings. The molecule has 1 aromatic rings.